The molecule has 23 heavy (non-hydrogen) atoms. The summed E-state index contributed by atoms with van der Waals surface area (Å²) >= 11 is 0. The van der Waals surface area contributed by atoms with Crippen LogP contribution >= 0.6 is 0 Å². The number of hydrogen-bond donors (Lipinski definition) is 1. The van der Waals surface area contributed by atoms with Crippen molar-refractivity contribution in [1.29, 1.82) is 0 Å². The van der Waals surface area contributed by atoms with Crippen molar-refractivity contribution in [1.82, 2.24) is 14.7 Å². The van der Waals surface area contributed by atoms with E-state index in [0.717, 1.165) is 12.8 Å². The van der Waals surface area contributed by atoms with Crippen molar-refractivity contribution in [2.45, 2.75) is 19.8 Å². The van der Waals surface area contributed by atoms with Crippen LogP contribution in [0.15, 0.2) is 24.4 Å². The summed E-state index contributed by atoms with van der Waals surface area (Å²) < 4.78 is 6.43. The highest BCUT2D eigenvalue weighted by molar-refractivity contribution is 5.97. The topological polar surface area (TPSA) is 89.8 Å². The third-order valence-corrected chi connectivity index (χ3v) is 3.67. The summed E-state index contributed by atoms with van der Waals surface area (Å²) in [6.45, 7) is 1.99. The van der Waals surface area contributed by atoms with Gasteiger partial charge in [0.25, 0.3) is 5.91 Å². The lowest BCUT2D eigenvalue weighted by molar-refractivity contribution is -0.119. The van der Waals surface area contributed by atoms with E-state index in [4.69, 9.17) is 4.74 Å². The number of Topliss-reactive ketones (excluding diaryl/α,β-unsaturated/α-hetero) is 1. The number of hydrogen-bond acceptors (Lipinski definition) is 5. The zero-order valence-corrected chi connectivity index (χ0v) is 12.7. The van der Waals surface area contributed by atoms with E-state index in [9.17, 15) is 14.4 Å². The van der Waals surface area contributed by atoms with Crippen LogP contribution in [0.5, 0.6) is 0 Å². The second kappa shape index (κ2) is 6.20. The molecule has 0 unspecified atom stereocenters. The molecule has 1 aliphatic rings. The van der Waals surface area contributed by atoms with Crippen molar-refractivity contribution < 1.29 is 19.1 Å². The van der Waals surface area contributed by atoms with Crippen molar-refractivity contribution >= 4 is 23.3 Å². The van der Waals surface area contributed by atoms with Crippen LogP contribution in [-0.2, 0) is 9.53 Å². The van der Waals surface area contributed by atoms with E-state index in [2.05, 4.69) is 10.3 Å². The van der Waals surface area contributed by atoms with E-state index >= 15 is 0 Å². The standard InChI is InChI=1S/C16H17N3O4/c1-2-23-16(22)11-9-19-12(4-3-5-14(19)18-11)15(21)17-8-13(20)10-6-7-10/h3-5,9-10H,2,6-8H2,1H3,(H,17,21). The fourth-order valence-electron chi connectivity index (χ4n) is 2.31. The predicted molar refractivity (Wildman–Crippen MR) is 81.2 cm³/mol. The molecule has 1 saturated carbocycles. The van der Waals surface area contributed by atoms with Crippen molar-refractivity contribution in [3.8, 4) is 0 Å². The number of fused-ring (bicyclic) bond motifs is 1. The summed E-state index contributed by atoms with van der Waals surface area (Å²) in [6.07, 6.45) is 3.29. The van der Waals surface area contributed by atoms with Crippen molar-refractivity contribution in [3.05, 3.63) is 35.8 Å². The van der Waals surface area contributed by atoms with Crippen molar-refractivity contribution in [2.24, 2.45) is 5.92 Å². The number of pyridine rings is 1. The molecule has 120 valence electrons. The van der Waals surface area contributed by atoms with Gasteiger partial charge in [-0.2, -0.15) is 0 Å². The van der Waals surface area contributed by atoms with Gasteiger partial charge in [-0.3, -0.25) is 14.0 Å². The van der Waals surface area contributed by atoms with E-state index in [1.807, 2.05) is 0 Å². The minimum absolute atomic E-state index is 0.0271. The highest BCUT2D eigenvalue weighted by Gasteiger charge is 2.29. The SMILES string of the molecule is CCOC(=O)c1cn2c(C(=O)NCC(=O)C3CC3)cccc2n1. The molecule has 0 bridgehead atoms. The molecule has 2 heterocycles. The van der Waals surface area contributed by atoms with Gasteiger partial charge in [-0.15, -0.1) is 0 Å². The monoisotopic (exact) mass is 315 g/mol. The van der Waals surface area contributed by atoms with Gasteiger partial charge in [0.2, 0.25) is 0 Å². The Morgan fingerprint density at radius 1 is 1.35 bits per heavy atom. The fraction of sp³-hybridized carbons (Fsp3) is 0.375. The Labute approximate surface area is 132 Å². The molecular weight excluding hydrogens is 298 g/mol. The van der Waals surface area contributed by atoms with E-state index in [1.165, 1.54) is 10.6 Å². The molecule has 0 aliphatic heterocycles. The van der Waals surface area contributed by atoms with Crippen LogP contribution in [0, 0.1) is 5.92 Å². The smallest absolute Gasteiger partial charge is 0.358 e. The summed E-state index contributed by atoms with van der Waals surface area (Å²) in [4.78, 5) is 39.9. The summed E-state index contributed by atoms with van der Waals surface area (Å²) in [5.74, 6) is -0.748. The number of aromatic nitrogens is 2. The molecule has 0 spiro atoms. The number of ether oxygens (including phenoxy) is 1. The summed E-state index contributed by atoms with van der Waals surface area (Å²) in [5, 5.41) is 2.62. The molecular formula is C16H17N3O4. The first-order valence-corrected chi connectivity index (χ1v) is 7.56. The van der Waals surface area contributed by atoms with Gasteiger partial charge in [0.05, 0.1) is 13.2 Å². The van der Waals surface area contributed by atoms with E-state index in [0.29, 0.717) is 11.3 Å². The third-order valence-electron chi connectivity index (χ3n) is 3.67. The Hall–Kier alpha value is -2.70. The number of ketones is 1. The van der Waals surface area contributed by atoms with Crippen LogP contribution in [0.25, 0.3) is 5.65 Å². The minimum atomic E-state index is -0.536. The molecule has 0 aromatic carbocycles. The first kappa shape index (κ1) is 15.2. The van der Waals surface area contributed by atoms with E-state index in [-0.39, 0.29) is 36.5 Å². The lowest BCUT2D eigenvalue weighted by Crippen LogP contribution is -2.31. The lowest BCUT2D eigenvalue weighted by Gasteiger charge is -2.06. The Morgan fingerprint density at radius 3 is 2.83 bits per heavy atom. The second-order valence-corrected chi connectivity index (χ2v) is 5.41. The second-order valence-electron chi connectivity index (χ2n) is 5.41. The number of carbonyl (C=O) groups excluding carboxylic acids is 3. The molecule has 7 heteroatoms. The van der Waals surface area contributed by atoms with Crippen molar-refractivity contribution in [2.75, 3.05) is 13.2 Å². The van der Waals surface area contributed by atoms with Crippen LogP contribution < -0.4 is 5.32 Å². The molecule has 1 amide bonds. The van der Waals surface area contributed by atoms with Gasteiger partial charge in [0.15, 0.2) is 11.5 Å². The van der Waals surface area contributed by atoms with Gasteiger partial charge in [0, 0.05) is 12.1 Å². The molecule has 1 fully saturated rings. The molecule has 7 nitrogen and oxygen atoms in total. The molecule has 0 radical (unpaired) electrons. The average molecular weight is 315 g/mol. The highest BCUT2D eigenvalue weighted by Crippen LogP contribution is 2.29. The predicted octanol–water partition coefficient (Wildman–Crippen LogP) is 1.22. The van der Waals surface area contributed by atoms with Crippen LogP contribution in [-0.4, -0.2) is 40.2 Å². The normalized spacial score (nSPS) is 13.8. The Kier molecular flexibility index (Phi) is 4.10. The van der Waals surface area contributed by atoms with Crippen LogP contribution in [0.1, 0.15) is 40.7 Å². The van der Waals surface area contributed by atoms with Crippen LogP contribution in [0.3, 0.4) is 0 Å². The number of carbonyl (C=O) groups is 3. The maximum atomic E-state index is 12.3. The number of esters is 1. The van der Waals surface area contributed by atoms with Gasteiger partial charge in [-0.05, 0) is 31.9 Å². The van der Waals surface area contributed by atoms with Crippen LogP contribution in [0.2, 0.25) is 0 Å². The maximum Gasteiger partial charge on any atom is 0.358 e. The summed E-state index contributed by atoms with van der Waals surface area (Å²) in [5.41, 5.74) is 0.921. The minimum Gasteiger partial charge on any atom is -0.461 e. The van der Waals surface area contributed by atoms with Gasteiger partial charge < -0.3 is 10.1 Å². The van der Waals surface area contributed by atoms with Gasteiger partial charge in [-0.25, -0.2) is 9.78 Å². The van der Waals surface area contributed by atoms with E-state index in [1.54, 1.807) is 25.1 Å². The zero-order valence-electron chi connectivity index (χ0n) is 12.7. The molecule has 2 aromatic heterocycles. The number of rotatable bonds is 6. The van der Waals surface area contributed by atoms with Gasteiger partial charge in [0.1, 0.15) is 11.3 Å². The summed E-state index contributed by atoms with van der Waals surface area (Å²) in [6, 6.07) is 4.98. The molecule has 0 atom stereocenters. The molecule has 0 saturated heterocycles. The van der Waals surface area contributed by atoms with Gasteiger partial charge >= 0.3 is 5.97 Å². The third kappa shape index (κ3) is 3.23. The molecule has 2 aromatic rings. The lowest BCUT2D eigenvalue weighted by atomic mass is 10.2. The fourth-order valence-corrected chi connectivity index (χ4v) is 2.31. The Morgan fingerprint density at radius 2 is 2.13 bits per heavy atom. The molecule has 1 aliphatic carbocycles. The molecule has 3 rings (SSSR count). The van der Waals surface area contributed by atoms with Crippen molar-refractivity contribution in [3.63, 3.8) is 0 Å². The number of imidazole rings is 1. The van der Waals surface area contributed by atoms with Crippen LogP contribution in [0.4, 0.5) is 0 Å². The zero-order chi connectivity index (χ0) is 16.4. The van der Waals surface area contributed by atoms with E-state index < -0.39 is 5.97 Å². The maximum absolute atomic E-state index is 12.3. The average Bonchev–Trinajstić information content (AvgIpc) is 3.30. The highest BCUT2D eigenvalue weighted by atomic mass is 16.5. The first-order chi connectivity index (χ1) is 11.1. The number of nitrogens with zero attached hydrogens (tertiary/aromatic N) is 2. The number of nitrogens with one attached hydrogen (secondary N) is 1. The van der Waals surface area contributed by atoms with Gasteiger partial charge in [-0.1, -0.05) is 6.07 Å². The largest absolute Gasteiger partial charge is 0.461 e. The Bertz CT molecular complexity index is 777. The molecule has 1 N–H and O–H groups in total. The quantitative estimate of drug-likeness (QED) is 0.810. The Balaban J connectivity index is 1.80. The number of amides is 1. The first-order valence-electron chi connectivity index (χ1n) is 7.56. The summed E-state index contributed by atoms with van der Waals surface area (Å²) in [7, 11) is 0.